The lowest BCUT2D eigenvalue weighted by Crippen LogP contribution is -2.64. The van der Waals surface area contributed by atoms with Crippen LogP contribution in [0.1, 0.15) is 22.8 Å². The number of nitrogens with one attached hydrogen (secondary N) is 2. The van der Waals surface area contributed by atoms with E-state index < -0.39 is 101 Å². The van der Waals surface area contributed by atoms with Gasteiger partial charge in [-0.2, -0.15) is 4.31 Å². The van der Waals surface area contributed by atoms with E-state index in [9.17, 15) is 63.6 Å². The second-order valence-electron chi connectivity index (χ2n) is 9.93. The number of phosphoric ester groups is 2. The van der Waals surface area contributed by atoms with Crippen LogP contribution in [0, 0.1) is 0 Å². The third kappa shape index (κ3) is 8.13. The number of amides is 1. The molecule has 2 aromatic heterocycles. The molecule has 46 heavy (non-hydrogen) atoms. The van der Waals surface area contributed by atoms with Crippen LogP contribution >= 0.6 is 27.0 Å². The van der Waals surface area contributed by atoms with Crippen molar-refractivity contribution in [3.8, 4) is 10.4 Å². The van der Waals surface area contributed by atoms with E-state index in [2.05, 4.69) is 14.2 Å². The van der Waals surface area contributed by atoms with Gasteiger partial charge >= 0.3 is 21.3 Å². The zero-order valence-electron chi connectivity index (χ0n) is 23.3. The van der Waals surface area contributed by atoms with Gasteiger partial charge in [-0.3, -0.25) is 33.0 Å². The second kappa shape index (κ2) is 14.3. The molecule has 11 atom stereocenters. The van der Waals surface area contributed by atoms with Crippen molar-refractivity contribution in [1.82, 2.24) is 14.9 Å². The van der Waals surface area contributed by atoms with Crippen LogP contribution in [0.15, 0.2) is 27.9 Å². The molecule has 0 aromatic carbocycles. The molecule has 2 aliphatic heterocycles. The Hall–Kier alpha value is -2.50. The van der Waals surface area contributed by atoms with Crippen molar-refractivity contribution in [2.24, 2.45) is 0 Å². The summed E-state index contributed by atoms with van der Waals surface area (Å²) in [5.74, 6) is -0.810. The Bertz CT molecular complexity index is 1650. The minimum absolute atomic E-state index is 0.0929. The number of nitrogens with zero attached hydrogens (tertiary/aromatic N) is 1. The van der Waals surface area contributed by atoms with Gasteiger partial charge in [0.1, 0.15) is 42.7 Å². The summed E-state index contributed by atoms with van der Waals surface area (Å²) in [7, 11) is -11.3. The van der Waals surface area contributed by atoms with Gasteiger partial charge in [0.05, 0.1) is 23.7 Å². The highest BCUT2D eigenvalue weighted by Crippen LogP contribution is 2.61. The molecule has 4 rings (SSSR count). The quantitative estimate of drug-likeness (QED) is 0.0775. The maximum atomic E-state index is 12.6. The fraction of sp³-hybridized carbons (Fsp3) is 0.545. The van der Waals surface area contributed by atoms with E-state index in [1.807, 2.05) is 4.98 Å². The summed E-state index contributed by atoms with van der Waals surface area (Å²) < 4.78 is 49.9. The predicted octanol–water partition coefficient (Wildman–Crippen LogP) is -3.11. The summed E-state index contributed by atoms with van der Waals surface area (Å²) >= 11 is 0.926. The number of hydrogen-bond donors (Lipinski definition) is 9. The Morgan fingerprint density at radius 3 is 2.35 bits per heavy atom. The molecule has 2 saturated heterocycles. The lowest BCUT2D eigenvalue weighted by Gasteiger charge is -2.42. The van der Waals surface area contributed by atoms with Gasteiger partial charge in [-0.15, -0.1) is 11.3 Å². The number of hydrogen-bond acceptors (Lipinski definition) is 17. The Morgan fingerprint density at radius 1 is 1.07 bits per heavy atom. The van der Waals surface area contributed by atoms with Crippen molar-refractivity contribution in [3.63, 3.8) is 0 Å². The number of aromatic nitrogens is 2. The third-order valence-electron chi connectivity index (χ3n) is 6.68. The largest absolute Gasteiger partial charge is 0.483 e. The van der Waals surface area contributed by atoms with Gasteiger partial charge in [-0.1, -0.05) is 0 Å². The van der Waals surface area contributed by atoms with Gasteiger partial charge in [0.25, 0.3) is 5.56 Å². The molecule has 1 amide bonds. The van der Waals surface area contributed by atoms with Crippen LogP contribution in [0.4, 0.5) is 0 Å². The molecule has 2 unspecified atom stereocenters. The summed E-state index contributed by atoms with van der Waals surface area (Å²) in [6, 6.07) is 1.14. The first kappa shape index (κ1) is 36.3. The molecule has 0 radical (unpaired) electrons. The van der Waals surface area contributed by atoms with E-state index in [0.717, 1.165) is 29.0 Å². The molecule has 21 nitrogen and oxygen atoms in total. The maximum Gasteiger partial charge on any atom is 0.483 e. The Morgan fingerprint density at radius 2 is 1.74 bits per heavy atom. The number of aliphatic hydroxyl groups excluding tert-OH is 5. The first-order valence-electron chi connectivity index (χ1n) is 13.0. The molecule has 9 N–H and O–H groups in total. The molecule has 2 aliphatic rings. The van der Waals surface area contributed by atoms with Crippen LogP contribution < -0.4 is 16.6 Å². The standard InChI is InChI=1S/C22H29N3O18P2S/c1-8(28)23-14-17(31)15(29)11(6-27)41-21(14)42-45(37,38)43-44(35,36)39-7-12-16(30)18(32)20(40-12)25-4-10(19(33)24-22(25)34)13-3-2-9(5-26)46-13/h2-5,11-12,14-18,20-21,27,29-32H,6-7H2,1H3,(H,23,28)(H,35,36)(H,37,38)(H,24,33,34)/t11-,12-,14-,15-,16-,17-,18-,20-,21-/m1/s1. The molecule has 4 heterocycles. The number of carbonyl (C=O) groups excluding carboxylic acids is 2. The van der Waals surface area contributed by atoms with E-state index in [-0.39, 0.29) is 15.3 Å². The first-order chi connectivity index (χ1) is 21.5. The van der Waals surface area contributed by atoms with Crippen molar-refractivity contribution in [3.05, 3.63) is 44.0 Å². The monoisotopic (exact) mass is 717 g/mol. The van der Waals surface area contributed by atoms with Gasteiger partial charge in [-0.25, -0.2) is 13.9 Å². The number of phosphoric acid groups is 2. The Labute approximate surface area is 260 Å². The molecule has 0 aliphatic carbocycles. The van der Waals surface area contributed by atoms with Crippen molar-refractivity contribution in [1.29, 1.82) is 0 Å². The summed E-state index contributed by atoms with van der Waals surface area (Å²) in [6.45, 7) is -1.02. The van der Waals surface area contributed by atoms with Crippen LogP contribution in [0.5, 0.6) is 0 Å². The van der Waals surface area contributed by atoms with Gasteiger partial charge in [0.2, 0.25) is 5.91 Å². The first-order valence-corrected chi connectivity index (χ1v) is 16.8. The minimum Gasteiger partial charge on any atom is -0.394 e. The maximum absolute atomic E-state index is 12.6. The number of aromatic amines is 1. The van der Waals surface area contributed by atoms with E-state index in [1.165, 1.54) is 12.1 Å². The molecule has 2 fully saturated rings. The van der Waals surface area contributed by atoms with Crippen LogP contribution in [0.3, 0.4) is 0 Å². The average Bonchev–Trinajstić information content (AvgIpc) is 3.55. The van der Waals surface area contributed by atoms with E-state index >= 15 is 0 Å². The van der Waals surface area contributed by atoms with E-state index in [0.29, 0.717) is 6.29 Å². The zero-order valence-corrected chi connectivity index (χ0v) is 25.9. The molecule has 0 bridgehead atoms. The fourth-order valence-corrected chi connectivity index (χ4v) is 7.53. The third-order valence-corrected chi connectivity index (χ3v) is 10.3. The number of aliphatic hydroxyl groups is 5. The molecule has 24 heteroatoms. The number of thiophene rings is 1. The molecular formula is C22H29N3O18P2S. The highest BCUT2D eigenvalue weighted by molar-refractivity contribution is 7.61. The molecule has 2 aromatic rings. The molecule has 0 saturated carbocycles. The van der Waals surface area contributed by atoms with Crippen LogP contribution in [0.2, 0.25) is 0 Å². The van der Waals surface area contributed by atoms with Gasteiger partial charge in [0.15, 0.2) is 18.8 Å². The smallest absolute Gasteiger partial charge is 0.394 e. The minimum atomic E-state index is -5.68. The predicted molar refractivity (Wildman–Crippen MR) is 149 cm³/mol. The van der Waals surface area contributed by atoms with Gasteiger partial charge < -0.3 is 50.1 Å². The van der Waals surface area contributed by atoms with Crippen molar-refractivity contribution < 1.29 is 76.9 Å². The number of aldehydes is 1. The summed E-state index contributed by atoms with van der Waals surface area (Å²) in [6.07, 6.45) is -12.9. The van der Waals surface area contributed by atoms with Crippen LogP contribution in [0.25, 0.3) is 10.4 Å². The van der Waals surface area contributed by atoms with Crippen molar-refractivity contribution in [2.75, 3.05) is 13.2 Å². The highest BCUT2D eigenvalue weighted by atomic mass is 32.1. The van der Waals surface area contributed by atoms with Crippen molar-refractivity contribution >= 4 is 39.2 Å². The van der Waals surface area contributed by atoms with E-state index in [1.54, 1.807) is 0 Å². The second-order valence-corrected chi connectivity index (χ2v) is 14.0. The molecule has 0 spiro atoms. The summed E-state index contributed by atoms with van der Waals surface area (Å²) in [5.41, 5.74) is -2.00. The van der Waals surface area contributed by atoms with E-state index in [4.69, 9.17) is 14.0 Å². The normalized spacial score (nSPS) is 32.4. The SMILES string of the molecule is CC(=O)N[C@H]1[C@@H](OP(=O)(O)OP(=O)(O)OC[C@H]2O[C@@H](n3cc(-c4ccc(C=O)s4)c(=O)[nH]c3=O)[C@H](O)[C@@H]2O)O[C@H](CO)[C@@H](O)[C@@H]1O. The molecular weight excluding hydrogens is 688 g/mol. The highest BCUT2D eigenvalue weighted by Gasteiger charge is 2.50. The lowest BCUT2D eigenvalue weighted by molar-refractivity contribution is -0.247. The Balaban J connectivity index is 1.44. The topological polar surface area (TPSA) is 323 Å². The number of H-pyrrole nitrogens is 1. The number of carbonyl (C=O) groups is 2. The molecule has 256 valence electrons. The van der Waals surface area contributed by atoms with Crippen molar-refractivity contribution in [2.45, 2.75) is 62.1 Å². The summed E-state index contributed by atoms with van der Waals surface area (Å²) in [4.78, 5) is 70.2. The van der Waals surface area contributed by atoms with Gasteiger partial charge in [0, 0.05) is 18.0 Å². The zero-order chi connectivity index (χ0) is 34.1. The van der Waals surface area contributed by atoms with Crippen LogP contribution in [-0.2, 0) is 36.8 Å². The average molecular weight is 717 g/mol. The number of rotatable bonds is 12. The van der Waals surface area contributed by atoms with Gasteiger partial charge in [-0.05, 0) is 12.1 Å². The Kier molecular flexibility index (Phi) is 11.3. The lowest BCUT2D eigenvalue weighted by atomic mass is 9.97. The number of ether oxygens (including phenoxy) is 2. The fourth-order valence-electron chi connectivity index (χ4n) is 4.54. The van der Waals surface area contributed by atoms with Crippen LogP contribution in [-0.4, -0.2) is 119 Å². The summed E-state index contributed by atoms with van der Waals surface area (Å²) in [5, 5.41) is 52.8.